The molecule has 0 amide bonds. The minimum Gasteiger partial charge on any atom is -0.481 e. The number of aliphatic carboxylic acids is 1. The Bertz CT molecular complexity index is 1370. The highest BCUT2D eigenvalue weighted by Gasteiger charge is 2.42. The van der Waals surface area contributed by atoms with Crippen LogP contribution in [-0.2, 0) is 4.79 Å². The number of carbonyl (C=O) groups is 1. The summed E-state index contributed by atoms with van der Waals surface area (Å²) in [5.41, 5.74) is 3.30. The molecular formula is C25H21N5O3S. The molecule has 0 atom stereocenters. The summed E-state index contributed by atoms with van der Waals surface area (Å²) in [5.74, 6) is -0.812. The maximum Gasteiger partial charge on any atom is 0.316 e. The predicted octanol–water partition coefficient (Wildman–Crippen LogP) is 5.39. The normalized spacial score (nSPS) is 14.6. The van der Waals surface area contributed by atoms with Gasteiger partial charge in [-0.15, -0.1) is 0 Å². The van der Waals surface area contributed by atoms with Crippen molar-refractivity contribution < 1.29 is 14.6 Å². The molecule has 9 heteroatoms. The highest BCUT2D eigenvalue weighted by atomic mass is 32.1. The first-order valence-corrected chi connectivity index (χ1v) is 11.7. The van der Waals surface area contributed by atoms with Gasteiger partial charge in [0.15, 0.2) is 5.13 Å². The fourth-order valence-corrected chi connectivity index (χ4v) is 5.06. The summed E-state index contributed by atoms with van der Waals surface area (Å²) in [6, 6.07) is 15.6. The van der Waals surface area contributed by atoms with E-state index in [9.17, 15) is 9.90 Å². The lowest BCUT2D eigenvalue weighted by atomic mass is 9.87. The first kappa shape index (κ1) is 21.8. The van der Waals surface area contributed by atoms with Crippen LogP contribution in [0.2, 0.25) is 0 Å². The lowest BCUT2D eigenvalue weighted by Gasteiger charge is -2.22. The molecule has 2 N–H and O–H groups in total. The van der Waals surface area contributed by atoms with Crippen LogP contribution in [0.3, 0.4) is 0 Å². The molecule has 0 spiro atoms. The molecular weight excluding hydrogens is 450 g/mol. The average molecular weight is 472 g/mol. The molecule has 8 nitrogen and oxygen atoms in total. The molecule has 0 saturated heterocycles. The maximum atomic E-state index is 11.7. The van der Waals surface area contributed by atoms with Gasteiger partial charge in [0.2, 0.25) is 0 Å². The van der Waals surface area contributed by atoms with E-state index >= 15 is 0 Å². The number of carboxylic acid groups (broad SMARTS) is 1. The Hall–Kier alpha value is -4.03. The summed E-state index contributed by atoms with van der Waals surface area (Å²) in [5, 5.41) is 22.7. The molecule has 0 aliphatic heterocycles. The quantitative estimate of drug-likeness (QED) is 0.368. The largest absolute Gasteiger partial charge is 0.481 e. The number of fused-ring (bicyclic) bond motifs is 1. The number of thiazole rings is 1. The number of hydrogen-bond acceptors (Lipinski definition) is 8. The van der Waals surface area contributed by atoms with Crippen molar-refractivity contribution >= 4 is 38.3 Å². The molecule has 1 aliphatic rings. The minimum atomic E-state index is -0.827. The van der Waals surface area contributed by atoms with Crippen molar-refractivity contribution in [3.63, 3.8) is 0 Å². The minimum absolute atomic E-state index is 0.0889. The second-order valence-corrected chi connectivity index (χ2v) is 9.38. The SMILES string of the molecule is N#Cc1ccc2nc(Nc3ccc(-c4cnc(OCC5(C(=O)O)CCCC5)nc4)cc3)sc2c1. The van der Waals surface area contributed by atoms with E-state index in [2.05, 4.69) is 26.3 Å². The smallest absolute Gasteiger partial charge is 0.316 e. The predicted molar refractivity (Wildman–Crippen MR) is 129 cm³/mol. The number of carboxylic acids is 1. The lowest BCUT2D eigenvalue weighted by molar-refractivity contribution is -0.150. The second-order valence-electron chi connectivity index (χ2n) is 8.35. The van der Waals surface area contributed by atoms with Crippen LogP contribution in [-0.4, -0.2) is 32.6 Å². The van der Waals surface area contributed by atoms with Crippen molar-refractivity contribution in [2.24, 2.45) is 5.41 Å². The van der Waals surface area contributed by atoms with Gasteiger partial charge in [0.25, 0.3) is 0 Å². The number of rotatable bonds is 7. The van der Waals surface area contributed by atoms with E-state index in [1.807, 2.05) is 36.4 Å². The van der Waals surface area contributed by atoms with Gasteiger partial charge in [-0.2, -0.15) is 5.26 Å². The van der Waals surface area contributed by atoms with E-state index in [0.29, 0.717) is 18.4 Å². The summed E-state index contributed by atoms with van der Waals surface area (Å²) in [6.45, 7) is 0.0889. The van der Waals surface area contributed by atoms with Crippen molar-refractivity contribution in [3.8, 4) is 23.2 Å². The third kappa shape index (κ3) is 4.40. The van der Waals surface area contributed by atoms with Crippen molar-refractivity contribution in [1.29, 1.82) is 5.26 Å². The van der Waals surface area contributed by atoms with E-state index in [-0.39, 0.29) is 12.6 Å². The van der Waals surface area contributed by atoms with Gasteiger partial charge in [-0.1, -0.05) is 36.3 Å². The number of anilines is 2. The fraction of sp³-hybridized carbons (Fsp3) is 0.240. The fourth-order valence-electron chi connectivity index (χ4n) is 4.13. The van der Waals surface area contributed by atoms with Crippen LogP contribution in [0.1, 0.15) is 31.2 Å². The summed E-state index contributed by atoms with van der Waals surface area (Å²) in [6.07, 6.45) is 6.40. The highest BCUT2D eigenvalue weighted by Crippen LogP contribution is 2.38. The first-order chi connectivity index (χ1) is 16.5. The van der Waals surface area contributed by atoms with E-state index in [4.69, 9.17) is 10.00 Å². The number of hydrogen-bond donors (Lipinski definition) is 2. The Morgan fingerprint density at radius 2 is 1.85 bits per heavy atom. The van der Waals surface area contributed by atoms with Gasteiger partial charge in [-0.05, 0) is 48.7 Å². The van der Waals surface area contributed by atoms with Gasteiger partial charge < -0.3 is 15.2 Å². The highest BCUT2D eigenvalue weighted by molar-refractivity contribution is 7.22. The van der Waals surface area contributed by atoms with Crippen LogP contribution in [0.15, 0.2) is 54.9 Å². The van der Waals surface area contributed by atoms with E-state index in [1.54, 1.807) is 18.5 Å². The molecule has 2 aromatic heterocycles. The number of benzene rings is 2. The van der Waals surface area contributed by atoms with E-state index < -0.39 is 11.4 Å². The van der Waals surface area contributed by atoms with Crippen molar-refractivity contribution in [2.75, 3.05) is 11.9 Å². The van der Waals surface area contributed by atoms with Crippen LogP contribution in [0.25, 0.3) is 21.3 Å². The molecule has 0 bridgehead atoms. The van der Waals surface area contributed by atoms with E-state index in [1.165, 1.54) is 11.3 Å². The lowest BCUT2D eigenvalue weighted by Crippen LogP contribution is -2.34. The van der Waals surface area contributed by atoms with Gasteiger partial charge >= 0.3 is 12.0 Å². The summed E-state index contributed by atoms with van der Waals surface area (Å²) in [7, 11) is 0. The van der Waals surface area contributed by atoms with E-state index in [0.717, 1.165) is 45.0 Å². The zero-order chi connectivity index (χ0) is 23.5. The number of ether oxygens (including phenoxy) is 1. The maximum absolute atomic E-state index is 11.7. The Morgan fingerprint density at radius 1 is 1.12 bits per heavy atom. The summed E-state index contributed by atoms with van der Waals surface area (Å²) in [4.78, 5) is 24.7. The summed E-state index contributed by atoms with van der Waals surface area (Å²) >= 11 is 1.49. The molecule has 1 saturated carbocycles. The van der Waals surface area contributed by atoms with Crippen LogP contribution in [0.4, 0.5) is 10.8 Å². The van der Waals surface area contributed by atoms with Gasteiger partial charge in [-0.3, -0.25) is 4.79 Å². The molecule has 1 aliphatic carbocycles. The van der Waals surface area contributed by atoms with Gasteiger partial charge in [0, 0.05) is 23.6 Å². The van der Waals surface area contributed by atoms with Crippen LogP contribution >= 0.6 is 11.3 Å². The van der Waals surface area contributed by atoms with Crippen molar-refractivity contribution in [2.45, 2.75) is 25.7 Å². The van der Waals surface area contributed by atoms with Crippen LogP contribution in [0, 0.1) is 16.7 Å². The number of nitrogens with one attached hydrogen (secondary N) is 1. The molecule has 2 aromatic carbocycles. The number of aromatic nitrogens is 3. The monoisotopic (exact) mass is 471 g/mol. The standard InChI is InChI=1S/C25H21N5O3S/c26-12-16-3-8-20-21(11-16)34-24(30-20)29-19-6-4-17(5-7-19)18-13-27-23(28-14-18)33-15-25(22(31)32)9-1-2-10-25/h3-8,11,13-14H,1-2,9-10,15H2,(H,29,30)(H,31,32). The third-order valence-electron chi connectivity index (χ3n) is 6.11. The Kier molecular flexibility index (Phi) is 5.82. The zero-order valence-corrected chi connectivity index (χ0v) is 19.0. The third-order valence-corrected chi connectivity index (χ3v) is 7.04. The molecule has 5 rings (SSSR count). The van der Waals surface area contributed by atoms with Crippen molar-refractivity contribution in [3.05, 3.63) is 60.4 Å². The Morgan fingerprint density at radius 3 is 2.53 bits per heavy atom. The van der Waals surface area contributed by atoms with Crippen molar-refractivity contribution in [1.82, 2.24) is 15.0 Å². The van der Waals surface area contributed by atoms with Gasteiger partial charge in [0.05, 0.1) is 21.8 Å². The molecule has 34 heavy (non-hydrogen) atoms. The van der Waals surface area contributed by atoms with Gasteiger partial charge in [-0.25, -0.2) is 15.0 Å². The molecule has 1 fully saturated rings. The number of nitrogens with zero attached hydrogens (tertiary/aromatic N) is 4. The zero-order valence-electron chi connectivity index (χ0n) is 18.2. The topological polar surface area (TPSA) is 121 Å². The molecule has 0 radical (unpaired) electrons. The molecule has 170 valence electrons. The molecule has 2 heterocycles. The van der Waals surface area contributed by atoms with Crippen LogP contribution < -0.4 is 10.1 Å². The summed E-state index contributed by atoms with van der Waals surface area (Å²) < 4.78 is 6.59. The second kappa shape index (κ2) is 9.08. The average Bonchev–Trinajstić information content (AvgIpc) is 3.50. The Labute approximate surface area is 199 Å². The number of nitriles is 1. The van der Waals surface area contributed by atoms with Crippen LogP contribution in [0.5, 0.6) is 6.01 Å². The molecule has 0 unspecified atom stereocenters. The Balaban J connectivity index is 1.24. The molecule has 4 aromatic rings. The first-order valence-electron chi connectivity index (χ1n) is 10.9. The van der Waals surface area contributed by atoms with Gasteiger partial charge in [0.1, 0.15) is 12.0 Å².